The molecule has 4 aromatic carbocycles. The van der Waals surface area contributed by atoms with Gasteiger partial charge in [0.2, 0.25) is 0 Å². The molecule has 0 aliphatic carbocycles. The van der Waals surface area contributed by atoms with Crippen LogP contribution < -0.4 is 11.5 Å². The third-order valence-corrected chi connectivity index (χ3v) is 9.45. The van der Waals surface area contributed by atoms with Gasteiger partial charge in [-0.25, -0.2) is 0 Å². The molecule has 0 saturated carbocycles. The van der Waals surface area contributed by atoms with Crippen LogP contribution in [-0.4, -0.2) is 0 Å². The Balaban J connectivity index is 1.52. The van der Waals surface area contributed by atoms with Gasteiger partial charge in [0, 0.05) is 23.2 Å². The van der Waals surface area contributed by atoms with E-state index in [2.05, 4.69) is 93.6 Å². The first kappa shape index (κ1) is 33.4. The molecular weight excluding hydrogens is 532 g/mol. The molecular formula is C42H56N2. The molecule has 0 aromatic heterocycles. The maximum absolute atomic E-state index is 6.02. The molecule has 0 amide bonds. The zero-order chi connectivity index (χ0) is 31.1. The fourth-order valence-corrected chi connectivity index (χ4v) is 6.71. The molecule has 234 valence electrons. The minimum Gasteiger partial charge on any atom is -0.399 e. The Morgan fingerprint density at radius 2 is 0.773 bits per heavy atom. The number of nitrogens with two attached hydrogens (primary N) is 2. The average molecular weight is 589 g/mol. The lowest BCUT2D eigenvalue weighted by atomic mass is 9.83. The van der Waals surface area contributed by atoms with E-state index in [1.807, 2.05) is 24.3 Å². The Morgan fingerprint density at radius 3 is 1.18 bits per heavy atom. The molecule has 44 heavy (non-hydrogen) atoms. The minimum atomic E-state index is 0.421. The second-order valence-corrected chi connectivity index (χ2v) is 12.9. The second-order valence-electron chi connectivity index (χ2n) is 12.9. The number of anilines is 2. The molecule has 0 bridgehead atoms. The van der Waals surface area contributed by atoms with E-state index in [9.17, 15) is 0 Å². The fourth-order valence-electron chi connectivity index (χ4n) is 6.71. The molecule has 0 fully saturated rings. The number of rotatable bonds is 18. The molecule has 0 aliphatic heterocycles. The van der Waals surface area contributed by atoms with Crippen molar-refractivity contribution in [1.82, 2.24) is 0 Å². The summed E-state index contributed by atoms with van der Waals surface area (Å²) in [6, 6.07) is 36.2. The molecule has 0 heterocycles. The summed E-state index contributed by atoms with van der Waals surface area (Å²) in [6.07, 6.45) is 14.7. The molecule has 3 atom stereocenters. The van der Waals surface area contributed by atoms with E-state index in [4.69, 9.17) is 11.5 Å². The van der Waals surface area contributed by atoms with Crippen LogP contribution in [0, 0.1) is 0 Å². The Labute approximate surface area is 268 Å². The largest absolute Gasteiger partial charge is 0.399 e. The van der Waals surface area contributed by atoms with Crippen molar-refractivity contribution in [1.29, 1.82) is 0 Å². The standard InChI is InChI=1S/C42H56N2/c1-4-7-10-13-41(36-23-27-39(43)28-24-36)34-17-15-32(16-18-34)31-38(12-9-6-3)33-19-21-35(22-20-33)42(14-11-8-5-2)37-25-29-40(44)30-26-37/h15-30,38,41-42H,4-14,31,43-44H2,1-3H3. The third-order valence-electron chi connectivity index (χ3n) is 9.45. The van der Waals surface area contributed by atoms with Gasteiger partial charge >= 0.3 is 0 Å². The summed E-state index contributed by atoms with van der Waals surface area (Å²) >= 11 is 0. The van der Waals surface area contributed by atoms with Gasteiger partial charge in [0.05, 0.1) is 0 Å². The van der Waals surface area contributed by atoms with Crippen LogP contribution in [0.2, 0.25) is 0 Å². The van der Waals surface area contributed by atoms with E-state index in [1.54, 1.807) is 0 Å². The van der Waals surface area contributed by atoms with Crippen molar-refractivity contribution in [3.63, 3.8) is 0 Å². The lowest BCUT2D eigenvalue weighted by Crippen LogP contribution is -2.06. The van der Waals surface area contributed by atoms with Gasteiger partial charge in [0.1, 0.15) is 0 Å². The summed E-state index contributed by atoms with van der Waals surface area (Å²) in [6.45, 7) is 6.86. The van der Waals surface area contributed by atoms with Crippen LogP contribution in [0.15, 0.2) is 97.1 Å². The lowest BCUT2D eigenvalue weighted by molar-refractivity contribution is 0.580. The van der Waals surface area contributed by atoms with Gasteiger partial charge in [-0.3, -0.25) is 0 Å². The van der Waals surface area contributed by atoms with E-state index < -0.39 is 0 Å². The van der Waals surface area contributed by atoms with Crippen LogP contribution in [0.25, 0.3) is 0 Å². The maximum atomic E-state index is 6.02. The molecule has 0 radical (unpaired) electrons. The monoisotopic (exact) mass is 588 g/mol. The van der Waals surface area contributed by atoms with Gasteiger partial charge in [-0.15, -0.1) is 0 Å². The molecule has 4 rings (SSSR count). The van der Waals surface area contributed by atoms with Crippen LogP contribution in [0.3, 0.4) is 0 Å². The molecule has 0 aliphatic rings. The molecule has 4 N–H and O–H groups in total. The van der Waals surface area contributed by atoms with Gasteiger partial charge in [-0.2, -0.15) is 0 Å². The highest BCUT2D eigenvalue weighted by Gasteiger charge is 2.18. The zero-order valence-corrected chi connectivity index (χ0v) is 27.6. The van der Waals surface area contributed by atoms with E-state index in [1.165, 1.54) is 104 Å². The molecule has 0 spiro atoms. The summed E-state index contributed by atoms with van der Waals surface area (Å²) < 4.78 is 0. The average Bonchev–Trinajstić information content (AvgIpc) is 3.05. The van der Waals surface area contributed by atoms with Crippen molar-refractivity contribution in [2.45, 2.75) is 116 Å². The highest BCUT2D eigenvalue weighted by Crippen LogP contribution is 2.35. The smallest absolute Gasteiger partial charge is 0.0314 e. The molecule has 2 nitrogen and oxygen atoms in total. The minimum absolute atomic E-state index is 0.421. The van der Waals surface area contributed by atoms with Crippen LogP contribution in [0.5, 0.6) is 0 Å². The van der Waals surface area contributed by atoms with E-state index in [0.29, 0.717) is 17.8 Å². The van der Waals surface area contributed by atoms with Crippen LogP contribution in [0.1, 0.15) is 143 Å². The fraction of sp³-hybridized carbons (Fsp3) is 0.429. The molecule has 3 unspecified atom stereocenters. The Kier molecular flexibility index (Phi) is 13.4. The number of benzene rings is 4. The first-order valence-corrected chi connectivity index (χ1v) is 17.4. The Bertz CT molecular complexity index is 1340. The summed E-state index contributed by atoms with van der Waals surface area (Å²) in [5.74, 6) is 1.37. The quantitative estimate of drug-likeness (QED) is 0.0897. The number of nitrogen functional groups attached to an aromatic ring is 2. The summed E-state index contributed by atoms with van der Waals surface area (Å²) in [5.41, 5.74) is 22.2. The summed E-state index contributed by atoms with van der Waals surface area (Å²) in [4.78, 5) is 0. The number of hydrogen-bond donors (Lipinski definition) is 2. The molecule has 2 heteroatoms. The highest BCUT2D eigenvalue weighted by atomic mass is 14.5. The highest BCUT2D eigenvalue weighted by molar-refractivity contribution is 5.44. The van der Waals surface area contributed by atoms with Gasteiger partial charge in [0.15, 0.2) is 0 Å². The second kappa shape index (κ2) is 17.7. The van der Waals surface area contributed by atoms with E-state index >= 15 is 0 Å². The first-order valence-electron chi connectivity index (χ1n) is 17.4. The third kappa shape index (κ3) is 9.74. The summed E-state index contributed by atoms with van der Waals surface area (Å²) in [5, 5.41) is 0. The summed E-state index contributed by atoms with van der Waals surface area (Å²) in [7, 11) is 0. The maximum Gasteiger partial charge on any atom is 0.0314 e. The molecule has 4 aromatic rings. The van der Waals surface area contributed by atoms with Crippen molar-refractivity contribution in [2.24, 2.45) is 0 Å². The first-order chi connectivity index (χ1) is 21.5. The molecule has 0 saturated heterocycles. The van der Waals surface area contributed by atoms with Crippen molar-refractivity contribution in [3.05, 3.63) is 130 Å². The normalized spacial score (nSPS) is 13.4. The van der Waals surface area contributed by atoms with Crippen molar-refractivity contribution >= 4 is 11.4 Å². The van der Waals surface area contributed by atoms with Crippen LogP contribution >= 0.6 is 0 Å². The zero-order valence-electron chi connectivity index (χ0n) is 27.6. The predicted molar refractivity (Wildman–Crippen MR) is 193 cm³/mol. The Morgan fingerprint density at radius 1 is 0.409 bits per heavy atom. The topological polar surface area (TPSA) is 52.0 Å². The van der Waals surface area contributed by atoms with Crippen molar-refractivity contribution < 1.29 is 0 Å². The van der Waals surface area contributed by atoms with Crippen LogP contribution in [-0.2, 0) is 6.42 Å². The predicted octanol–water partition coefficient (Wildman–Crippen LogP) is 11.8. The number of hydrogen-bond acceptors (Lipinski definition) is 2. The lowest BCUT2D eigenvalue weighted by Gasteiger charge is -2.22. The van der Waals surface area contributed by atoms with E-state index in [0.717, 1.165) is 17.8 Å². The van der Waals surface area contributed by atoms with Crippen LogP contribution in [0.4, 0.5) is 11.4 Å². The Hall–Kier alpha value is -3.52. The SMILES string of the molecule is CCCCCC(c1ccc(N)cc1)c1ccc(CC(CCCC)c2ccc(C(CCCCC)c3ccc(N)cc3)cc2)cc1. The van der Waals surface area contributed by atoms with Crippen molar-refractivity contribution in [3.8, 4) is 0 Å². The van der Waals surface area contributed by atoms with Crippen molar-refractivity contribution in [2.75, 3.05) is 11.5 Å². The van der Waals surface area contributed by atoms with Gasteiger partial charge in [-0.05, 0) is 89.2 Å². The van der Waals surface area contributed by atoms with E-state index in [-0.39, 0.29) is 0 Å². The van der Waals surface area contributed by atoms with Gasteiger partial charge in [-0.1, -0.05) is 145 Å². The van der Waals surface area contributed by atoms with Gasteiger partial charge < -0.3 is 11.5 Å². The number of unbranched alkanes of at least 4 members (excludes halogenated alkanes) is 5. The van der Waals surface area contributed by atoms with Gasteiger partial charge in [0.25, 0.3) is 0 Å².